The third kappa shape index (κ3) is 4.81. The summed E-state index contributed by atoms with van der Waals surface area (Å²) in [5.74, 6) is 0.198. The SMILES string of the molecule is CCCCOc1c(Cl)c(C)nc(C)c1C(=O)Nc1c(CC)cccc1CC. The van der Waals surface area contributed by atoms with E-state index in [1.54, 1.807) is 0 Å². The van der Waals surface area contributed by atoms with Crippen LogP contribution in [-0.2, 0) is 12.8 Å². The van der Waals surface area contributed by atoms with E-state index in [2.05, 4.69) is 31.1 Å². The Balaban J connectivity index is 2.46. The summed E-state index contributed by atoms with van der Waals surface area (Å²) in [6.07, 6.45) is 3.59. The molecule has 0 unspecified atom stereocenters. The number of para-hydroxylation sites is 1. The van der Waals surface area contributed by atoms with Crippen LogP contribution in [-0.4, -0.2) is 17.5 Å². The minimum Gasteiger partial charge on any atom is -0.491 e. The lowest BCUT2D eigenvalue weighted by Crippen LogP contribution is -2.19. The fourth-order valence-corrected chi connectivity index (χ4v) is 3.29. The van der Waals surface area contributed by atoms with E-state index in [0.29, 0.717) is 34.3 Å². The molecule has 2 rings (SSSR count). The summed E-state index contributed by atoms with van der Waals surface area (Å²) >= 11 is 6.45. The second kappa shape index (κ2) is 9.75. The summed E-state index contributed by atoms with van der Waals surface area (Å²) in [4.78, 5) is 17.6. The number of anilines is 1. The average molecular weight is 389 g/mol. The summed E-state index contributed by atoms with van der Waals surface area (Å²) in [6.45, 7) is 10.4. The number of nitrogens with one attached hydrogen (secondary N) is 1. The smallest absolute Gasteiger partial charge is 0.261 e. The highest BCUT2D eigenvalue weighted by Gasteiger charge is 2.23. The van der Waals surface area contributed by atoms with Crippen LogP contribution in [0.5, 0.6) is 5.75 Å². The highest BCUT2D eigenvalue weighted by molar-refractivity contribution is 6.33. The zero-order valence-corrected chi connectivity index (χ0v) is 17.7. The molecule has 0 aliphatic rings. The maximum atomic E-state index is 13.2. The molecule has 0 radical (unpaired) electrons. The Bertz CT molecular complexity index is 796. The zero-order valence-electron chi connectivity index (χ0n) is 16.9. The fraction of sp³-hybridized carbons (Fsp3) is 0.455. The van der Waals surface area contributed by atoms with Crippen LogP contribution >= 0.6 is 11.6 Å². The third-order valence-corrected chi connectivity index (χ3v) is 5.10. The first-order chi connectivity index (χ1) is 12.9. The quantitative estimate of drug-likeness (QED) is 0.572. The standard InChI is InChI=1S/C22H29ClN2O2/c1-6-9-13-27-21-18(14(4)24-15(5)19(21)23)22(26)25-20-16(7-2)11-10-12-17(20)8-3/h10-12H,6-9,13H2,1-5H3,(H,25,26). The van der Waals surface area contributed by atoms with Crippen LogP contribution in [0.15, 0.2) is 18.2 Å². The van der Waals surface area contributed by atoms with Crippen LogP contribution in [0.4, 0.5) is 5.69 Å². The number of aromatic nitrogens is 1. The Morgan fingerprint density at radius 3 is 2.30 bits per heavy atom. The number of pyridine rings is 1. The van der Waals surface area contributed by atoms with Crippen molar-refractivity contribution in [3.63, 3.8) is 0 Å². The molecular weight excluding hydrogens is 360 g/mol. The molecule has 0 atom stereocenters. The molecule has 0 spiro atoms. The van der Waals surface area contributed by atoms with Gasteiger partial charge in [-0.1, -0.05) is 57.0 Å². The van der Waals surface area contributed by atoms with Gasteiger partial charge in [0.15, 0.2) is 5.75 Å². The molecule has 0 saturated carbocycles. The van der Waals surface area contributed by atoms with Gasteiger partial charge in [-0.05, 0) is 44.2 Å². The molecular formula is C22H29ClN2O2. The largest absolute Gasteiger partial charge is 0.491 e. The molecule has 1 aromatic heterocycles. The van der Waals surface area contributed by atoms with Gasteiger partial charge in [0, 0.05) is 5.69 Å². The van der Waals surface area contributed by atoms with E-state index in [9.17, 15) is 4.79 Å². The van der Waals surface area contributed by atoms with Crippen molar-refractivity contribution in [1.82, 2.24) is 4.98 Å². The van der Waals surface area contributed by atoms with Gasteiger partial charge in [-0.3, -0.25) is 9.78 Å². The zero-order chi connectivity index (χ0) is 20.0. The predicted molar refractivity (Wildman–Crippen MR) is 112 cm³/mol. The van der Waals surface area contributed by atoms with Crippen LogP contribution in [0.1, 0.15) is 66.5 Å². The Labute approximate surface area is 167 Å². The second-order valence-corrected chi connectivity index (χ2v) is 6.99. The highest BCUT2D eigenvalue weighted by atomic mass is 35.5. The molecule has 27 heavy (non-hydrogen) atoms. The van der Waals surface area contributed by atoms with Crippen LogP contribution in [0.3, 0.4) is 0 Å². The molecule has 4 nitrogen and oxygen atoms in total. The van der Waals surface area contributed by atoms with Crippen LogP contribution in [0, 0.1) is 13.8 Å². The summed E-state index contributed by atoms with van der Waals surface area (Å²) in [5.41, 5.74) is 4.80. The lowest BCUT2D eigenvalue weighted by molar-refractivity contribution is 0.102. The summed E-state index contributed by atoms with van der Waals surface area (Å²) in [7, 11) is 0. The summed E-state index contributed by atoms with van der Waals surface area (Å²) in [6, 6.07) is 6.11. The topological polar surface area (TPSA) is 51.2 Å². The van der Waals surface area contributed by atoms with Gasteiger partial charge >= 0.3 is 0 Å². The van der Waals surface area contributed by atoms with E-state index >= 15 is 0 Å². The molecule has 1 N–H and O–H groups in total. The van der Waals surface area contributed by atoms with Gasteiger partial charge in [0.05, 0.1) is 18.0 Å². The molecule has 0 bridgehead atoms. The Kier molecular flexibility index (Phi) is 7.66. The molecule has 146 valence electrons. The minimum absolute atomic E-state index is 0.232. The van der Waals surface area contributed by atoms with Crippen LogP contribution < -0.4 is 10.1 Å². The van der Waals surface area contributed by atoms with Crippen molar-refractivity contribution >= 4 is 23.2 Å². The molecule has 0 saturated heterocycles. The first kappa shape index (κ1) is 21.2. The normalized spacial score (nSPS) is 10.7. The number of amides is 1. The number of nitrogens with zero attached hydrogens (tertiary/aromatic N) is 1. The van der Waals surface area contributed by atoms with E-state index in [1.807, 2.05) is 32.0 Å². The lowest BCUT2D eigenvalue weighted by atomic mass is 10.0. The molecule has 2 aromatic rings. The van der Waals surface area contributed by atoms with Gasteiger partial charge in [-0.2, -0.15) is 0 Å². The number of carbonyl (C=O) groups excluding carboxylic acids is 1. The molecule has 0 fully saturated rings. The lowest BCUT2D eigenvalue weighted by Gasteiger charge is -2.18. The molecule has 0 aliphatic carbocycles. The number of benzene rings is 1. The van der Waals surface area contributed by atoms with Gasteiger partial charge in [0.25, 0.3) is 5.91 Å². The minimum atomic E-state index is -0.232. The Morgan fingerprint density at radius 1 is 1.11 bits per heavy atom. The maximum absolute atomic E-state index is 13.2. The average Bonchev–Trinajstić information content (AvgIpc) is 2.65. The number of rotatable bonds is 8. The van der Waals surface area contributed by atoms with E-state index in [1.165, 1.54) is 0 Å². The first-order valence-corrected chi connectivity index (χ1v) is 10.0. The predicted octanol–water partition coefficient (Wildman–Crippen LogP) is 5.91. The van der Waals surface area contributed by atoms with Gasteiger partial charge in [0.1, 0.15) is 10.6 Å². The van der Waals surface area contributed by atoms with Crippen molar-refractivity contribution < 1.29 is 9.53 Å². The number of hydrogen-bond donors (Lipinski definition) is 1. The van der Waals surface area contributed by atoms with Crippen molar-refractivity contribution in [2.75, 3.05) is 11.9 Å². The first-order valence-electron chi connectivity index (χ1n) is 9.66. The Hall–Kier alpha value is -2.07. The molecule has 1 heterocycles. The van der Waals surface area contributed by atoms with Crippen molar-refractivity contribution in [2.45, 2.75) is 60.3 Å². The van der Waals surface area contributed by atoms with Crippen LogP contribution in [0.2, 0.25) is 5.02 Å². The number of aryl methyl sites for hydroxylation is 4. The monoisotopic (exact) mass is 388 g/mol. The number of ether oxygens (including phenoxy) is 1. The molecule has 1 amide bonds. The van der Waals surface area contributed by atoms with E-state index < -0.39 is 0 Å². The van der Waals surface area contributed by atoms with E-state index in [0.717, 1.165) is 42.5 Å². The van der Waals surface area contributed by atoms with Crippen molar-refractivity contribution in [3.8, 4) is 5.75 Å². The van der Waals surface area contributed by atoms with Gasteiger partial charge in [-0.25, -0.2) is 0 Å². The summed E-state index contributed by atoms with van der Waals surface area (Å²) in [5, 5.41) is 3.50. The number of unbranched alkanes of at least 4 members (excludes halogenated alkanes) is 1. The third-order valence-electron chi connectivity index (χ3n) is 4.65. The van der Waals surface area contributed by atoms with E-state index in [-0.39, 0.29) is 5.91 Å². The highest BCUT2D eigenvalue weighted by Crippen LogP contribution is 2.34. The maximum Gasteiger partial charge on any atom is 0.261 e. The summed E-state index contributed by atoms with van der Waals surface area (Å²) < 4.78 is 5.91. The van der Waals surface area contributed by atoms with Crippen molar-refractivity contribution in [1.29, 1.82) is 0 Å². The molecule has 1 aromatic carbocycles. The van der Waals surface area contributed by atoms with Gasteiger partial charge in [0.2, 0.25) is 0 Å². The van der Waals surface area contributed by atoms with Gasteiger partial charge < -0.3 is 10.1 Å². The second-order valence-electron chi connectivity index (χ2n) is 6.62. The molecule has 0 aliphatic heterocycles. The number of carbonyl (C=O) groups is 1. The van der Waals surface area contributed by atoms with Crippen molar-refractivity contribution in [2.24, 2.45) is 0 Å². The number of halogens is 1. The number of hydrogen-bond acceptors (Lipinski definition) is 3. The Morgan fingerprint density at radius 2 is 1.74 bits per heavy atom. The van der Waals surface area contributed by atoms with Crippen molar-refractivity contribution in [3.05, 3.63) is 51.3 Å². The molecule has 5 heteroatoms. The van der Waals surface area contributed by atoms with Crippen LogP contribution in [0.25, 0.3) is 0 Å². The van der Waals surface area contributed by atoms with Gasteiger partial charge in [-0.15, -0.1) is 0 Å². The van der Waals surface area contributed by atoms with E-state index in [4.69, 9.17) is 16.3 Å². The fourth-order valence-electron chi connectivity index (χ4n) is 3.10.